The number of hydrogen-bond donors (Lipinski definition) is 1. The van der Waals surface area contributed by atoms with Gasteiger partial charge in [0.05, 0.1) is 6.10 Å². The molecule has 2 atom stereocenters. The van der Waals surface area contributed by atoms with E-state index in [0.29, 0.717) is 18.6 Å². The second-order valence-corrected chi connectivity index (χ2v) is 5.49. The third kappa shape index (κ3) is 3.66. The molecule has 1 aliphatic carbocycles. The minimum absolute atomic E-state index is 0. The topological polar surface area (TPSA) is 41.6 Å². The van der Waals surface area contributed by atoms with E-state index in [-0.39, 0.29) is 23.7 Å². The van der Waals surface area contributed by atoms with Crippen LogP contribution in [-0.4, -0.2) is 50.2 Å². The van der Waals surface area contributed by atoms with Crippen LogP contribution in [0.15, 0.2) is 0 Å². The first-order chi connectivity index (χ1) is 9.07. The molecule has 0 aliphatic heterocycles. The van der Waals surface area contributed by atoms with Gasteiger partial charge in [-0.05, 0) is 33.2 Å². The lowest BCUT2D eigenvalue weighted by atomic mass is 9.58. The average molecular weight is 307 g/mol. The Kier molecular flexibility index (Phi) is 8.71. The molecule has 4 nitrogen and oxygen atoms in total. The highest BCUT2D eigenvalue weighted by Gasteiger charge is 2.55. The molecule has 0 aromatic rings. The predicted octanol–water partition coefficient (Wildman–Crippen LogP) is 2.46. The molecule has 2 unspecified atom stereocenters. The summed E-state index contributed by atoms with van der Waals surface area (Å²) in [6.45, 7) is 7.99. The highest BCUT2D eigenvalue weighted by Crippen LogP contribution is 2.51. The second-order valence-electron chi connectivity index (χ2n) is 5.49. The molecule has 0 spiro atoms. The molecular weight excluding hydrogens is 276 g/mol. The Balaban J connectivity index is 0.00000361. The summed E-state index contributed by atoms with van der Waals surface area (Å²) in [4.78, 5) is 14.1. The van der Waals surface area contributed by atoms with E-state index >= 15 is 0 Å². The number of halogens is 1. The van der Waals surface area contributed by atoms with E-state index in [2.05, 4.69) is 19.2 Å². The van der Waals surface area contributed by atoms with Crippen LogP contribution in [0, 0.1) is 5.41 Å². The van der Waals surface area contributed by atoms with E-state index < -0.39 is 0 Å². The fourth-order valence-corrected chi connectivity index (χ4v) is 3.46. The summed E-state index contributed by atoms with van der Waals surface area (Å²) in [5, 5.41) is 3.03. The van der Waals surface area contributed by atoms with Gasteiger partial charge in [0.1, 0.15) is 0 Å². The number of nitrogens with zero attached hydrogens (tertiary/aromatic N) is 1. The van der Waals surface area contributed by atoms with E-state index in [4.69, 9.17) is 4.74 Å². The number of rotatable bonds is 8. The van der Waals surface area contributed by atoms with Gasteiger partial charge in [-0.3, -0.25) is 4.79 Å². The fraction of sp³-hybridized carbons (Fsp3) is 0.933. The summed E-state index contributed by atoms with van der Waals surface area (Å²) in [5.41, 5.74) is 0.153. The second kappa shape index (κ2) is 8.85. The Bertz CT molecular complexity index is 296. The van der Waals surface area contributed by atoms with Gasteiger partial charge in [-0.2, -0.15) is 0 Å². The van der Waals surface area contributed by atoms with Gasteiger partial charge in [-0.1, -0.05) is 13.8 Å². The molecular formula is C15H31ClN2O2. The zero-order chi connectivity index (χ0) is 14.5. The molecule has 0 aromatic carbocycles. The lowest BCUT2D eigenvalue weighted by Crippen LogP contribution is -2.64. The number of nitrogens with one attached hydrogen (secondary N) is 1. The van der Waals surface area contributed by atoms with Gasteiger partial charge >= 0.3 is 0 Å². The van der Waals surface area contributed by atoms with Crippen LogP contribution in [0.3, 0.4) is 0 Å². The van der Waals surface area contributed by atoms with Gasteiger partial charge in [0.15, 0.2) is 0 Å². The predicted molar refractivity (Wildman–Crippen MR) is 85.4 cm³/mol. The monoisotopic (exact) mass is 306 g/mol. The molecule has 1 saturated carbocycles. The van der Waals surface area contributed by atoms with Crippen molar-refractivity contribution >= 4 is 18.3 Å². The van der Waals surface area contributed by atoms with Crippen LogP contribution in [0.1, 0.15) is 46.5 Å². The van der Waals surface area contributed by atoms with Gasteiger partial charge in [0.25, 0.3) is 0 Å². The Hall–Kier alpha value is -0.320. The number of carbonyl (C=O) groups excluding carboxylic acids is 1. The van der Waals surface area contributed by atoms with Gasteiger partial charge < -0.3 is 15.0 Å². The van der Waals surface area contributed by atoms with Crippen molar-refractivity contribution in [2.24, 2.45) is 5.41 Å². The number of hydrogen-bond acceptors (Lipinski definition) is 3. The van der Waals surface area contributed by atoms with Crippen molar-refractivity contribution < 1.29 is 9.53 Å². The standard InChI is InChI=1S/C15H30N2O2.ClH/c1-6-15(7-2)12(11-13(15)19-8-3)17(5)14(18)9-10-16-4;/h12-13,16H,6-11H2,1-5H3;1H. The smallest absolute Gasteiger partial charge is 0.223 e. The van der Waals surface area contributed by atoms with E-state index in [9.17, 15) is 4.79 Å². The highest BCUT2D eigenvalue weighted by atomic mass is 35.5. The Morgan fingerprint density at radius 1 is 1.35 bits per heavy atom. The first kappa shape index (κ1) is 19.7. The summed E-state index contributed by atoms with van der Waals surface area (Å²) in [5.74, 6) is 0.237. The van der Waals surface area contributed by atoms with Crippen LogP contribution < -0.4 is 5.32 Å². The van der Waals surface area contributed by atoms with Crippen LogP contribution in [0.2, 0.25) is 0 Å². The van der Waals surface area contributed by atoms with E-state index in [1.165, 1.54) is 0 Å². The summed E-state index contributed by atoms with van der Waals surface area (Å²) in [6, 6.07) is 0.336. The van der Waals surface area contributed by atoms with E-state index in [0.717, 1.165) is 32.4 Å². The first-order valence-electron chi connectivity index (χ1n) is 7.59. The minimum Gasteiger partial charge on any atom is -0.378 e. The largest absolute Gasteiger partial charge is 0.378 e. The number of carbonyl (C=O) groups is 1. The van der Waals surface area contributed by atoms with Crippen molar-refractivity contribution in [1.82, 2.24) is 10.2 Å². The summed E-state index contributed by atoms with van der Waals surface area (Å²) in [6.07, 6.45) is 4.02. The molecule has 1 fully saturated rings. The number of amides is 1. The minimum atomic E-state index is 0. The van der Waals surface area contributed by atoms with Crippen LogP contribution in [0.4, 0.5) is 0 Å². The van der Waals surface area contributed by atoms with Crippen LogP contribution in [0.25, 0.3) is 0 Å². The van der Waals surface area contributed by atoms with Crippen molar-refractivity contribution in [1.29, 1.82) is 0 Å². The SMILES string of the molecule is CCOC1CC(N(C)C(=O)CCNC)C1(CC)CC.Cl. The molecule has 1 rings (SSSR count). The lowest BCUT2D eigenvalue weighted by molar-refractivity contribution is -0.176. The summed E-state index contributed by atoms with van der Waals surface area (Å²) < 4.78 is 5.87. The maximum atomic E-state index is 12.2. The van der Waals surface area contributed by atoms with Crippen molar-refractivity contribution in [3.8, 4) is 0 Å². The fourth-order valence-electron chi connectivity index (χ4n) is 3.46. The van der Waals surface area contributed by atoms with Crippen molar-refractivity contribution in [2.75, 3.05) is 27.2 Å². The van der Waals surface area contributed by atoms with Gasteiger partial charge in [0.2, 0.25) is 5.91 Å². The van der Waals surface area contributed by atoms with Crippen molar-refractivity contribution in [3.05, 3.63) is 0 Å². The molecule has 5 heteroatoms. The molecule has 1 amide bonds. The molecule has 0 aromatic heterocycles. The van der Waals surface area contributed by atoms with Crippen molar-refractivity contribution in [2.45, 2.75) is 58.6 Å². The summed E-state index contributed by atoms with van der Waals surface area (Å²) in [7, 11) is 3.83. The summed E-state index contributed by atoms with van der Waals surface area (Å²) >= 11 is 0. The molecule has 20 heavy (non-hydrogen) atoms. The molecule has 0 bridgehead atoms. The third-order valence-corrected chi connectivity index (χ3v) is 4.88. The molecule has 0 saturated heterocycles. The molecule has 120 valence electrons. The van der Waals surface area contributed by atoms with E-state index in [1.54, 1.807) is 0 Å². The maximum Gasteiger partial charge on any atom is 0.223 e. The zero-order valence-electron chi connectivity index (χ0n) is 13.6. The van der Waals surface area contributed by atoms with Gasteiger partial charge in [0, 0.05) is 38.1 Å². The average Bonchev–Trinajstić information content (AvgIpc) is 2.41. The first-order valence-corrected chi connectivity index (χ1v) is 7.59. The quantitative estimate of drug-likeness (QED) is 0.749. The number of ether oxygens (including phenoxy) is 1. The molecule has 1 N–H and O–H groups in total. The van der Waals surface area contributed by atoms with Gasteiger partial charge in [-0.25, -0.2) is 0 Å². The Morgan fingerprint density at radius 2 is 1.95 bits per heavy atom. The molecule has 1 aliphatic rings. The molecule has 0 radical (unpaired) electrons. The molecule has 0 heterocycles. The zero-order valence-corrected chi connectivity index (χ0v) is 14.4. The Morgan fingerprint density at radius 3 is 2.40 bits per heavy atom. The van der Waals surface area contributed by atoms with Crippen molar-refractivity contribution in [3.63, 3.8) is 0 Å². The van der Waals surface area contributed by atoms with Crippen LogP contribution in [0.5, 0.6) is 0 Å². The lowest BCUT2D eigenvalue weighted by Gasteiger charge is -2.58. The third-order valence-electron chi connectivity index (χ3n) is 4.88. The Labute approximate surface area is 130 Å². The van der Waals surface area contributed by atoms with E-state index in [1.807, 2.05) is 25.9 Å². The normalized spacial score (nSPS) is 23.6. The van der Waals surface area contributed by atoms with Gasteiger partial charge in [-0.15, -0.1) is 12.4 Å². The van der Waals surface area contributed by atoms with Crippen LogP contribution in [-0.2, 0) is 9.53 Å². The highest BCUT2D eigenvalue weighted by molar-refractivity contribution is 5.85. The van der Waals surface area contributed by atoms with Crippen LogP contribution >= 0.6 is 12.4 Å². The maximum absolute atomic E-state index is 12.2.